The molecule has 1 aromatic rings. The maximum atomic E-state index is 2.67. The molecule has 1 heterocycles. The molecular formula is C15H21N. The summed E-state index contributed by atoms with van der Waals surface area (Å²) < 4.78 is 0. The first-order chi connectivity index (χ1) is 7.71. The van der Waals surface area contributed by atoms with Gasteiger partial charge in [0, 0.05) is 19.1 Å². The van der Waals surface area contributed by atoms with Gasteiger partial charge in [-0.1, -0.05) is 37.3 Å². The van der Waals surface area contributed by atoms with Crippen LogP contribution in [0.2, 0.25) is 0 Å². The van der Waals surface area contributed by atoms with E-state index in [2.05, 4.69) is 49.1 Å². The highest BCUT2D eigenvalue weighted by Crippen LogP contribution is 2.57. The molecule has 1 aromatic carbocycles. The molecule has 1 aliphatic heterocycles. The summed E-state index contributed by atoms with van der Waals surface area (Å²) in [6, 6.07) is 11.5. The molecule has 0 bridgehead atoms. The van der Waals surface area contributed by atoms with Crippen LogP contribution in [0.5, 0.6) is 0 Å². The second-order valence-corrected chi connectivity index (χ2v) is 5.78. The number of benzene rings is 1. The van der Waals surface area contributed by atoms with Gasteiger partial charge in [0.15, 0.2) is 0 Å². The monoisotopic (exact) mass is 215 g/mol. The zero-order valence-electron chi connectivity index (χ0n) is 10.3. The predicted molar refractivity (Wildman–Crippen MR) is 67.3 cm³/mol. The van der Waals surface area contributed by atoms with E-state index in [0.717, 1.165) is 5.92 Å². The quantitative estimate of drug-likeness (QED) is 0.730. The zero-order valence-corrected chi connectivity index (χ0v) is 10.3. The molecule has 1 aliphatic carbocycles. The molecule has 1 spiro atoms. The summed E-state index contributed by atoms with van der Waals surface area (Å²) in [5.41, 5.74) is 2.18. The van der Waals surface area contributed by atoms with E-state index < -0.39 is 0 Å². The molecule has 1 heteroatoms. The third kappa shape index (κ3) is 1.58. The van der Waals surface area contributed by atoms with Gasteiger partial charge < -0.3 is 0 Å². The summed E-state index contributed by atoms with van der Waals surface area (Å²) in [4.78, 5) is 2.67. The fourth-order valence-electron chi connectivity index (χ4n) is 3.22. The largest absolute Gasteiger partial charge is 0.296 e. The first-order valence-electron chi connectivity index (χ1n) is 6.50. The SMILES string of the molecule is CC(c1ccccc1)N1CC(C)C2(CC2)C1. The Balaban J connectivity index is 1.75. The minimum atomic E-state index is 0.587. The highest BCUT2D eigenvalue weighted by atomic mass is 15.2. The number of likely N-dealkylation sites (tertiary alicyclic amines) is 1. The van der Waals surface area contributed by atoms with Crippen LogP contribution >= 0.6 is 0 Å². The fourth-order valence-corrected chi connectivity index (χ4v) is 3.22. The number of rotatable bonds is 2. The van der Waals surface area contributed by atoms with E-state index in [4.69, 9.17) is 0 Å². The van der Waals surface area contributed by atoms with Gasteiger partial charge in [0.25, 0.3) is 0 Å². The van der Waals surface area contributed by atoms with Gasteiger partial charge in [-0.15, -0.1) is 0 Å². The van der Waals surface area contributed by atoms with Crippen molar-refractivity contribution < 1.29 is 0 Å². The fraction of sp³-hybridized carbons (Fsp3) is 0.600. The van der Waals surface area contributed by atoms with Gasteiger partial charge in [-0.3, -0.25) is 4.90 Å². The standard InChI is InChI=1S/C15H21N/c1-12-10-16(11-15(12)8-9-15)13(2)14-6-4-3-5-7-14/h3-7,12-13H,8-11H2,1-2H3. The zero-order chi connectivity index (χ0) is 11.2. The smallest absolute Gasteiger partial charge is 0.0320 e. The minimum Gasteiger partial charge on any atom is -0.296 e. The average Bonchev–Trinajstić information content (AvgIpc) is 3.01. The maximum absolute atomic E-state index is 2.67. The Morgan fingerprint density at radius 1 is 1.25 bits per heavy atom. The predicted octanol–water partition coefficient (Wildman–Crippen LogP) is 3.48. The lowest BCUT2D eigenvalue weighted by Crippen LogP contribution is -2.24. The van der Waals surface area contributed by atoms with Crippen molar-refractivity contribution in [3.63, 3.8) is 0 Å². The lowest BCUT2D eigenvalue weighted by Gasteiger charge is -2.24. The van der Waals surface area contributed by atoms with Crippen molar-refractivity contribution in [2.24, 2.45) is 11.3 Å². The molecule has 86 valence electrons. The van der Waals surface area contributed by atoms with Gasteiger partial charge in [0.05, 0.1) is 0 Å². The normalized spacial score (nSPS) is 29.5. The highest BCUT2D eigenvalue weighted by Gasteiger charge is 2.53. The van der Waals surface area contributed by atoms with Gasteiger partial charge in [-0.2, -0.15) is 0 Å². The number of hydrogen-bond acceptors (Lipinski definition) is 1. The van der Waals surface area contributed by atoms with Crippen LogP contribution in [0.15, 0.2) is 30.3 Å². The molecule has 0 aromatic heterocycles. The molecule has 2 fully saturated rings. The molecule has 3 rings (SSSR count). The van der Waals surface area contributed by atoms with Crippen LogP contribution in [-0.4, -0.2) is 18.0 Å². The lowest BCUT2D eigenvalue weighted by molar-refractivity contribution is 0.248. The third-order valence-corrected chi connectivity index (χ3v) is 4.79. The molecule has 16 heavy (non-hydrogen) atoms. The molecule has 2 unspecified atom stereocenters. The van der Waals surface area contributed by atoms with Crippen LogP contribution in [0.25, 0.3) is 0 Å². The van der Waals surface area contributed by atoms with Crippen LogP contribution in [0.4, 0.5) is 0 Å². The Labute approximate surface area is 98.5 Å². The molecule has 1 saturated carbocycles. The number of nitrogens with zero attached hydrogens (tertiary/aromatic N) is 1. The van der Waals surface area contributed by atoms with Crippen LogP contribution in [0.3, 0.4) is 0 Å². The lowest BCUT2D eigenvalue weighted by atomic mass is 9.95. The Kier molecular flexibility index (Phi) is 2.32. The first kappa shape index (κ1) is 10.3. The summed E-state index contributed by atoms with van der Waals surface area (Å²) in [5, 5.41) is 0. The van der Waals surface area contributed by atoms with Gasteiger partial charge >= 0.3 is 0 Å². The molecule has 1 nitrogen and oxygen atoms in total. The Morgan fingerprint density at radius 3 is 2.50 bits per heavy atom. The van der Waals surface area contributed by atoms with Gasteiger partial charge in [-0.05, 0) is 36.7 Å². The summed E-state index contributed by atoms with van der Waals surface area (Å²) >= 11 is 0. The van der Waals surface area contributed by atoms with E-state index in [9.17, 15) is 0 Å². The summed E-state index contributed by atoms with van der Waals surface area (Å²) in [6.07, 6.45) is 2.93. The number of hydrogen-bond donors (Lipinski definition) is 0. The van der Waals surface area contributed by atoms with E-state index in [1.807, 2.05) is 0 Å². The van der Waals surface area contributed by atoms with E-state index in [0.29, 0.717) is 11.5 Å². The summed E-state index contributed by atoms with van der Waals surface area (Å²) in [6.45, 7) is 7.40. The second-order valence-electron chi connectivity index (χ2n) is 5.78. The van der Waals surface area contributed by atoms with Crippen molar-refractivity contribution in [2.45, 2.75) is 32.7 Å². The molecule has 2 aliphatic rings. The highest BCUT2D eigenvalue weighted by molar-refractivity contribution is 5.19. The molecule has 0 radical (unpaired) electrons. The van der Waals surface area contributed by atoms with E-state index in [-0.39, 0.29) is 0 Å². The Morgan fingerprint density at radius 2 is 1.94 bits per heavy atom. The Bertz CT molecular complexity index is 366. The molecule has 1 saturated heterocycles. The van der Waals surface area contributed by atoms with Crippen molar-refractivity contribution in [3.8, 4) is 0 Å². The van der Waals surface area contributed by atoms with Gasteiger partial charge in [0.1, 0.15) is 0 Å². The summed E-state index contributed by atoms with van der Waals surface area (Å²) in [5.74, 6) is 0.902. The van der Waals surface area contributed by atoms with Crippen LogP contribution in [-0.2, 0) is 0 Å². The van der Waals surface area contributed by atoms with Gasteiger partial charge in [0.2, 0.25) is 0 Å². The topological polar surface area (TPSA) is 3.24 Å². The second kappa shape index (κ2) is 3.59. The van der Waals surface area contributed by atoms with Gasteiger partial charge in [-0.25, -0.2) is 0 Å². The first-order valence-corrected chi connectivity index (χ1v) is 6.50. The molecule has 0 amide bonds. The minimum absolute atomic E-state index is 0.587. The van der Waals surface area contributed by atoms with E-state index in [1.54, 1.807) is 0 Å². The third-order valence-electron chi connectivity index (χ3n) is 4.79. The van der Waals surface area contributed by atoms with Crippen molar-refractivity contribution in [2.75, 3.05) is 13.1 Å². The van der Waals surface area contributed by atoms with Crippen molar-refractivity contribution in [1.82, 2.24) is 4.90 Å². The van der Waals surface area contributed by atoms with Crippen LogP contribution in [0.1, 0.15) is 38.3 Å². The molecule has 0 N–H and O–H groups in total. The average molecular weight is 215 g/mol. The van der Waals surface area contributed by atoms with Crippen LogP contribution in [0, 0.1) is 11.3 Å². The van der Waals surface area contributed by atoms with Crippen molar-refractivity contribution >= 4 is 0 Å². The molecule has 2 atom stereocenters. The summed E-state index contributed by atoms with van der Waals surface area (Å²) in [7, 11) is 0. The van der Waals surface area contributed by atoms with Crippen LogP contribution < -0.4 is 0 Å². The van der Waals surface area contributed by atoms with E-state index in [1.165, 1.54) is 31.5 Å². The van der Waals surface area contributed by atoms with Crippen molar-refractivity contribution in [1.29, 1.82) is 0 Å². The maximum Gasteiger partial charge on any atom is 0.0320 e. The molecular weight excluding hydrogens is 194 g/mol. The Hall–Kier alpha value is -0.820. The van der Waals surface area contributed by atoms with E-state index >= 15 is 0 Å². The van der Waals surface area contributed by atoms with Crippen molar-refractivity contribution in [3.05, 3.63) is 35.9 Å².